The molecule has 0 saturated carbocycles. The number of guanidine groups is 1. The first-order valence-corrected chi connectivity index (χ1v) is 4.66. The Morgan fingerprint density at radius 1 is 1.25 bits per heavy atom. The van der Waals surface area contributed by atoms with E-state index in [1.165, 1.54) is 0 Å². The number of nitrogens with zero attached hydrogens (tertiary/aromatic N) is 1. The van der Waals surface area contributed by atoms with Gasteiger partial charge in [-0.25, -0.2) is 0 Å². The Balaban J connectivity index is 2.41. The van der Waals surface area contributed by atoms with Crippen molar-refractivity contribution >= 4 is 11.6 Å². The molecule has 0 atom stereocenters. The Morgan fingerprint density at radius 3 is 2.44 bits per heavy atom. The molecule has 0 spiro atoms. The van der Waals surface area contributed by atoms with Crippen LogP contribution in [0.1, 0.15) is 6.42 Å². The van der Waals surface area contributed by atoms with E-state index in [0.29, 0.717) is 5.69 Å². The summed E-state index contributed by atoms with van der Waals surface area (Å²) in [6, 6.07) is 8.87. The number of alkyl halides is 3. The van der Waals surface area contributed by atoms with E-state index in [4.69, 9.17) is 5.73 Å². The second-order valence-electron chi connectivity index (χ2n) is 3.12. The van der Waals surface area contributed by atoms with Crippen LogP contribution in [0.4, 0.5) is 18.9 Å². The van der Waals surface area contributed by atoms with Crippen molar-refractivity contribution in [2.24, 2.45) is 10.7 Å². The molecule has 0 heterocycles. The average molecular weight is 231 g/mol. The summed E-state index contributed by atoms with van der Waals surface area (Å²) in [5.41, 5.74) is 6.10. The summed E-state index contributed by atoms with van der Waals surface area (Å²) in [4.78, 5) is 3.57. The van der Waals surface area contributed by atoms with E-state index in [1.807, 2.05) is 6.07 Å². The van der Waals surface area contributed by atoms with Crippen LogP contribution in [-0.2, 0) is 0 Å². The van der Waals surface area contributed by atoms with Gasteiger partial charge in [0.25, 0.3) is 0 Å². The molecule has 16 heavy (non-hydrogen) atoms. The van der Waals surface area contributed by atoms with Gasteiger partial charge in [0.05, 0.1) is 13.0 Å². The highest BCUT2D eigenvalue weighted by Crippen LogP contribution is 2.18. The van der Waals surface area contributed by atoms with E-state index in [1.54, 1.807) is 24.3 Å². The van der Waals surface area contributed by atoms with Gasteiger partial charge >= 0.3 is 6.18 Å². The number of nitrogens with one attached hydrogen (secondary N) is 1. The summed E-state index contributed by atoms with van der Waals surface area (Å²) in [7, 11) is 0. The summed E-state index contributed by atoms with van der Waals surface area (Å²) in [6.07, 6.45) is -5.17. The monoisotopic (exact) mass is 231 g/mol. The van der Waals surface area contributed by atoms with Crippen molar-refractivity contribution in [3.05, 3.63) is 30.3 Å². The molecule has 0 aromatic heterocycles. The topological polar surface area (TPSA) is 50.4 Å². The largest absolute Gasteiger partial charge is 0.390 e. The maximum absolute atomic E-state index is 11.8. The molecule has 0 unspecified atom stereocenters. The molecular weight excluding hydrogens is 219 g/mol. The van der Waals surface area contributed by atoms with Crippen LogP contribution in [0.2, 0.25) is 0 Å². The molecule has 0 bridgehead atoms. The van der Waals surface area contributed by atoms with Crippen LogP contribution in [-0.4, -0.2) is 18.7 Å². The van der Waals surface area contributed by atoms with Crippen molar-refractivity contribution in [1.29, 1.82) is 0 Å². The minimum Gasteiger partial charge on any atom is -0.370 e. The van der Waals surface area contributed by atoms with Crippen LogP contribution >= 0.6 is 0 Å². The van der Waals surface area contributed by atoms with Gasteiger partial charge in [-0.3, -0.25) is 4.99 Å². The van der Waals surface area contributed by atoms with Gasteiger partial charge in [0.1, 0.15) is 0 Å². The number of aliphatic imine (C=N–C) groups is 1. The predicted molar refractivity (Wildman–Crippen MR) is 57.2 cm³/mol. The molecule has 1 aromatic rings. The van der Waals surface area contributed by atoms with Gasteiger partial charge in [0, 0.05) is 5.69 Å². The average Bonchev–Trinajstić information content (AvgIpc) is 2.17. The van der Waals surface area contributed by atoms with E-state index < -0.39 is 12.6 Å². The molecule has 3 N–H and O–H groups in total. The summed E-state index contributed by atoms with van der Waals surface area (Å²) < 4.78 is 35.4. The smallest absolute Gasteiger partial charge is 0.370 e. The second-order valence-corrected chi connectivity index (χ2v) is 3.12. The van der Waals surface area contributed by atoms with Gasteiger partial charge in [-0.15, -0.1) is 0 Å². The molecule has 88 valence electrons. The van der Waals surface area contributed by atoms with Crippen molar-refractivity contribution < 1.29 is 13.2 Å². The van der Waals surface area contributed by atoms with E-state index in [9.17, 15) is 13.2 Å². The number of para-hydroxylation sites is 1. The summed E-state index contributed by atoms with van der Waals surface area (Å²) >= 11 is 0. The highest BCUT2D eigenvalue weighted by molar-refractivity contribution is 5.92. The number of hydrogen-bond donors (Lipinski definition) is 2. The van der Waals surface area contributed by atoms with Crippen LogP contribution in [0, 0.1) is 0 Å². The number of halogens is 3. The van der Waals surface area contributed by atoms with Crippen molar-refractivity contribution in [2.45, 2.75) is 12.6 Å². The Kier molecular flexibility index (Phi) is 4.16. The zero-order chi connectivity index (χ0) is 12.0. The minimum atomic E-state index is -4.20. The predicted octanol–water partition coefficient (Wildman–Crippen LogP) is 2.37. The van der Waals surface area contributed by atoms with Gasteiger partial charge in [-0.05, 0) is 12.1 Å². The first-order chi connectivity index (χ1) is 7.47. The third kappa shape index (κ3) is 5.23. The molecule has 0 amide bonds. The van der Waals surface area contributed by atoms with Gasteiger partial charge in [-0.1, -0.05) is 18.2 Å². The van der Waals surface area contributed by atoms with Gasteiger partial charge in [-0.2, -0.15) is 13.2 Å². The Labute approximate surface area is 91.2 Å². The van der Waals surface area contributed by atoms with Gasteiger partial charge < -0.3 is 11.1 Å². The zero-order valence-electron chi connectivity index (χ0n) is 8.46. The normalized spacial score (nSPS) is 12.6. The van der Waals surface area contributed by atoms with E-state index in [0.717, 1.165) is 0 Å². The number of rotatable bonds is 3. The van der Waals surface area contributed by atoms with Crippen LogP contribution in [0.5, 0.6) is 0 Å². The number of hydrogen-bond acceptors (Lipinski definition) is 1. The van der Waals surface area contributed by atoms with Gasteiger partial charge in [0.2, 0.25) is 0 Å². The molecule has 0 aliphatic rings. The lowest BCUT2D eigenvalue weighted by Crippen LogP contribution is -2.23. The zero-order valence-corrected chi connectivity index (χ0v) is 8.46. The third-order valence-corrected chi connectivity index (χ3v) is 1.72. The maximum Gasteiger partial charge on any atom is 0.390 e. The summed E-state index contributed by atoms with van der Waals surface area (Å²) in [5, 5.41) is 2.69. The van der Waals surface area contributed by atoms with Crippen LogP contribution in [0.25, 0.3) is 0 Å². The molecule has 6 heteroatoms. The van der Waals surface area contributed by atoms with Crippen LogP contribution in [0.15, 0.2) is 35.3 Å². The molecule has 3 nitrogen and oxygen atoms in total. The molecule has 0 aliphatic carbocycles. The number of benzene rings is 1. The summed E-state index contributed by atoms with van der Waals surface area (Å²) in [5.74, 6) is -0.0181. The van der Waals surface area contributed by atoms with Crippen molar-refractivity contribution in [3.63, 3.8) is 0 Å². The van der Waals surface area contributed by atoms with Crippen molar-refractivity contribution in [1.82, 2.24) is 0 Å². The summed E-state index contributed by atoms with van der Waals surface area (Å²) in [6.45, 7) is -0.366. The highest BCUT2D eigenvalue weighted by Gasteiger charge is 2.26. The molecule has 0 radical (unpaired) electrons. The van der Waals surface area contributed by atoms with Gasteiger partial charge in [0.15, 0.2) is 5.96 Å². The van der Waals surface area contributed by atoms with E-state index >= 15 is 0 Å². The molecule has 0 aliphatic heterocycles. The fraction of sp³-hybridized carbons (Fsp3) is 0.300. The molecule has 0 fully saturated rings. The second kappa shape index (κ2) is 5.39. The minimum absolute atomic E-state index is 0.0181. The standard InChI is InChI=1S/C10H12F3N3/c11-10(12,13)6-7-15-9(14)16-8-4-2-1-3-5-8/h1-5H,6-7H2,(H3,14,15,16). The number of nitrogens with two attached hydrogens (primary N) is 1. The first kappa shape index (κ1) is 12.4. The van der Waals surface area contributed by atoms with E-state index in [2.05, 4.69) is 10.3 Å². The Morgan fingerprint density at radius 2 is 1.88 bits per heavy atom. The lowest BCUT2D eigenvalue weighted by molar-refractivity contribution is -0.132. The van der Waals surface area contributed by atoms with Crippen molar-refractivity contribution in [3.8, 4) is 0 Å². The molecular formula is C10H12F3N3. The van der Waals surface area contributed by atoms with Crippen LogP contribution < -0.4 is 11.1 Å². The quantitative estimate of drug-likeness (QED) is 0.619. The number of anilines is 1. The fourth-order valence-electron chi connectivity index (χ4n) is 1.01. The van der Waals surface area contributed by atoms with E-state index in [-0.39, 0.29) is 12.5 Å². The SMILES string of the molecule is NC(=NCCC(F)(F)F)Nc1ccccc1. The molecule has 0 saturated heterocycles. The lowest BCUT2D eigenvalue weighted by Gasteiger charge is -2.06. The molecule has 1 aromatic carbocycles. The fourth-order valence-corrected chi connectivity index (χ4v) is 1.01. The maximum atomic E-state index is 11.8. The Hall–Kier alpha value is -1.72. The highest BCUT2D eigenvalue weighted by atomic mass is 19.4. The lowest BCUT2D eigenvalue weighted by atomic mass is 10.3. The molecule has 1 rings (SSSR count). The third-order valence-electron chi connectivity index (χ3n) is 1.72. The van der Waals surface area contributed by atoms with Crippen molar-refractivity contribution in [2.75, 3.05) is 11.9 Å². The Bertz CT molecular complexity index is 346. The van der Waals surface area contributed by atoms with Crippen LogP contribution in [0.3, 0.4) is 0 Å². The first-order valence-electron chi connectivity index (χ1n) is 4.66.